The van der Waals surface area contributed by atoms with Crippen LogP contribution in [0.3, 0.4) is 0 Å². The van der Waals surface area contributed by atoms with E-state index >= 15 is 0 Å². The fourth-order valence-corrected chi connectivity index (χ4v) is 1.78. The molecule has 0 saturated heterocycles. The van der Waals surface area contributed by atoms with Crippen molar-refractivity contribution in [2.24, 2.45) is 0 Å². The molecule has 0 spiro atoms. The molecule has 0 unspecified atom stereocenters. The van der Waals surface area contributed by atoms with E-state index in [1.165, 1.54) is 0 Å². The van der Waals surface area contributed by atoms with Crippen LogP contribution < -0.4 is 10.1 Å². The van der Waals surface area contributed by atoms with E-state index in [1.54, 1.807) is 7.11 Å². The summed E-state index contributed by atoms with van der Waals surface area (Å²) in [6, 6.07) is 5.74. The average Bonchev–Trinajstić information content (AvgIpc) is 2.63. The largest absolute Gasteiger partial charge is 0.493 e. The molecule has 1 heterocycles. The summed E-state index contributed by atoms with van der Waals surface area (Å²) in [5.74, 6) is 1.47. The number of rotatable bonds is 2. The molecule has 14 heavy (non-hydrogen) atoms. The van der Waals surface area contributed by atoms with Crippen LogP contribution in [-0.2, 0) is 0 Å². The quantitative estimate of drug-likeness (QED) is 0.895. The van der Waals surface area contributed by atoms with Gasteiger partial charge in [0.25, 0.3) is 0 Å². The van der Waals surface area contributed by atoms with E-state index in [0.29, 0.717) is 0 Å². The van der Waals surface area contributed by atoms with Gasteiger partial charge in [0, 0.05) is 23.0 Å². The Morgan fingerprint density at radius 1 is 1.43 bits per heavy atom. The Morgan fingerprint density at radius 2 is 2.21 bits per heavy atom. The first kappa shape index (κ1) is 9.40. The summed E-state index contributed by atoms with van der Waals surface area (Å²) >= 11 is 3.46. The van der Waals surface area contributed by atoms with Crippen molar-refractivity contribution in [1.29, 1.82) is 0 Å². The summed E-state index contributed by atoms with van der Waals surface area (Å²) < 4.78 is 11.8. The van der Waals surface area contributed by atoms with Gasteiger partial charge in [-0.2, -0.15) is 0 Å². The number of ether oxygens (including phenoxy) is 1. The van der Waals surface area contributed by atoms with Gasteiger partial charge < -0.3 is 14.5 Å². The zero-order valence-corrected chi connectivity index (χ0v) is 9.51. The number of benzene rings is 1. The highest BCUT2D eigenvalue weighted by atomic mass is 79.9. The number of hydrogen-bond acceptors (Lipinski definition) is 3. The molecule has 0 atom stereocenters. The van der Waals surface area contributed by atoms with Crippen molar-refractivity contribution in [3.8, 4) is 5.75 Å². The van der Waals surface area contributed by atoms with Crippen LogP contribution in [0.15, 0.2) is 27.1 Å². The van der Waals surface area contributed by atoms with Crippen LogP contribution >= 0.6 is 15.9 Å². The van der Waals surface area contributed by atoms with Crippen molar-refractivity contribution < 1.29 is 9.15 Å². The van der Waals surface area contributed by atoms with E-state index in [9.17, 15) is 0 Å². The van der Waals surface area contributed by atoms with E-state index in [0.717, 1.165) is 27.1 Å². The molecule has 74 valence electrons. The summed E-state index contributed by atoms with van der Waals surface area (Å²) in [6.45, 7) is 0. The molecule has 0 amide bonds. The van der Waals surface area contributed by atoms with E-state index in [-0.39, 0.29) is 0 Å². The maximum Gasteiger partial charge on any atom is 0.194 e. The van der Waals surface area contributed by atoms with Crippen LogP contribution in [0.4, 0.5) is 5.88 Å². The summed E-state index contributed by atoms with van der Waals surface area (Å²) in [7, 11) is 3.45. The summed E-state index contributed by atoms with van der Waals surface area (Å²) in [6.07, 6.45) is 0. The van der Waals surface area contributed by atoms with Gasteiger partial charge in [-0.25, -0.2) is 0 Å². The summed E-state index contributed by atoms with van der Waals surface area (Å²) in [5, 5.41) is 3.96. The highest BCUT2D eigenvalue weighted by Crippen LogP contribution is 2.35. The molecular weight excluding hydrogens is 246 g/mol. The van der Waals surface area contributed by atoms with Gasteiger partial charge in [0.1, 0.15) is 0 Å². The zero-order valence-electron chi connectivity index (χ0n) is 7.93. The van der Waals surface area contributed by atoms with Gasteiger partial charge in [-0.3, -0.25) is 0 Å². The molecule has 0 radical (unpaired) electrons. The van der Waals surface area contributed by atoms with Gasteiger partial charge >= 0.3 is 0 Å². The number of furan rings is 1. The second-order valence-corrected chi connectivity index (χ2v) is 3.71. The Bertz CT molecular complexity index is 464. The highest BCUT2D eigenvalue weighted by Gasteiger charge is 2.10. The standard InChI is InChI=1S/C10H10BrNO2/c1-12-9-5-6-7(11)3-4-8(13-2)10(6)14-9/h3-5,12H,1-2H3. The Morgan fingerprint density at radius 3 is 2.86 bits per heavy atom. The fraction of sp³-hybridized carbons (Fsp3) is 0.200. The minimum atomic E-state index is 0.727. The topological polar surface area (TPSA) is 34.4 Å². The van der Waals surface area contributed by atoms with Crippen molar-refractivity contribution >= 4 is 32.8 Å². The molecule has 1 aromatic heterocycles. The van der Waals surface area contributed by atoms with Gasteiger partial charge in [-0.15, -0.1) is 0 Å². The number of fused-ring (bicyclic) bond motifs is 1. The zero-order chi connectivity index (χ0) is 10.1. The van der Waals surface area contributed by atoms with Crippen molar-refractivity contribution in [2.45, 2.75) is 0 Å². The number of nitrogens with one attached hydrogen (secondary N) is 1. The smallest absolute Gasteiger partial charge is 0.194 e. The second-order valence-electron chi connectivity index (χ2n) is 2.85. The SMILES string of the molecule is CNc1cc2c(Br)ccc(OC)c2o1. The van der Waals surface area contributed by atoms with E-state index in [2.05, 4.69) is 21.2 Å². The normalized spacial score (nSPS) is 10.5. The molecule has 1 N–H and O–H groups in total. The number of hydrogen-bond donors (Lipinski definition) is 1. The van der Waals surface area contributed by atoms with Crippen LogP contribution in [0.25, 0.3) is 11.0 Å². The molecule has 2 rings (SSSR count). The average molecular weight is 256 g/mol. The molecule has 3 nitrogen and oxygen atoms in total. The predicted octanol–water partition coefficient (Wildman–Crippen LogP) is 3.25. The van der Waals surface area contributed by atoms with Crippen LogP contribution in [0, 0.1) is 0 Å². The Kier molecular flexibility index (Phi) is 2.37. The van der Waals surface area contributed by atoms with Gasteiger partial charge in [-0.05, 0) is 12.1 Å². The van der Waals surface area contributed by atoms with Gasteiger partial charge in [0.05, 0.1) is 7.11 Å². The minimum absolute atomic E-state index is 0.727. The highest BCUT2D eigenvalue weighted by molar-refractivity contribution is 9.10. The lowest BCUT2D eigenvalue weighted by molar-refractivity contribution is 0.411. The first-order valence-corrected chi connectivity index (χ1v) is 4.99. The first-order valence-electron chi connectivity index (χ1n) is 4.20. The van der Waals surface area contributed by atoms with E-state index in [4.69, 9.17) is 9.15 Å². The molecular formula is C10H10BrNO2. The maximum absolute atomic E-state index is 5.55. The molecule has 0 aliphatic carbocycles. The van der Waals surface area contributed by atoms with E-state index < -0.39 is 0 Å². The molecule has 4 heteroatoms. The molecule has 0 saturated carbocycles. The minimum Gasteiger partial charge on any atom is -0.493 e. The third-order valence-electron chi connectivity index (χ3n) is 2.06. The lowest BCUT2D eigenvalue weighted by atomic mass is 10.2. The molecule has 0 aliphatic heterocycles. The third kappa shape index (κ3) is 1.35. The monoisotopic (exact) mass is 255 g/mol. The number of methoxy groups -OCH3 is 1. The second kappa shape index (κ2) is 3.53. The molecule has 1 aromatic carbocycles. The van der Waals surface area contributed by atoms with Crippen molar-refractivity contribution in [3.63, 3.8) is 0 Å². The Labute approximate surface area is 90.2 Å². The fourth-order valence-electron chi connectivity index (χ4n) is 1.35. The summed E-state index contributed by atoms with van der Waals surface area (Å²) in [5.41, 5.74) is 0.756. The van der Waals surface area contributed by atoms with Crippen molar-refractivity contribution in [1.82, 2.24) is 0 Å². The van der Waals surface area contributed by atoms with Crippen molar-refractivity contribution in [3.05, 3.63) is 22.7 Å². The van der Waals surface area contributed by atoms with Gasteiger partial charge in [-0.1, -0.05) is 15.9 Å². The van der Waals surface area contributed by atoms with Crippen LogP contribution in [0.2, 0.25) is 0 Å². The molecule has 0 aliphatic rings. The molecule has 2 aromatic rings. The third-order valence-corrected chi connectivity index (χ3v) is 2.75. The Hall–Kier alpha value is -1.16. The van der Waals surface area contributed by atoms with Crippen molar-refractivity contribution in [2.75, 3.05) is 19.5 Å². The molecule has 0 fully saturated rings. The summed E-state index contributed by atoms with van der Waals surface area (Å²) in [4.78, 5) is 0. The predicted molar refractivity (Wildman–Crippen MR) is 60.0 cm³/mol. The van der Waals surface area contributed by atoms with Gasteiger partial charge in [0.2, 0.25) is 0 Å². The van der Waals surface area contributed by atoms with Crippen LogP contribution in [0.5, 0.6) is 5.75 Å². The van der Waals surface area contributed by atoms with E-state index in [1.807, 2.05) is 25.2 Å². The first-order chi connectivity index (χ1) is 6.76. The number of halogens is 1. The van der Waals surface area contributed by atoms with Gasteiger partial charge in [0.15, 0.2) is 17.2 Å². The lowest BCUT2D eigenvalue weighted by Crippen LogP contribution is -1.83. The van der Waals surface area contributed by atoms with Crippen LogP contribution in [0.1, 0.15) is 0 Å². The number of anilines is 1. The lowest BCUT2D eigenvalue weighted by Gasteiger charge is -2.00. The Balaban J connectivity index is 2.74. The van der Waals surface area contributed by atoms with Crippen LogP contribution in [-0.4, -0.2) is 14.2 Å². The maximum atomic E-state index is 5.55. The molecule has 0 bridgehead atoms.